The van der Waals surface area contributed by atoms with Crippen LogP contribution in [0.2, 0.25) is 0 Å². The minimum Gasteiger partial charge on any atom is -0.469 e. The highest BCUT2D eigenvalue weighted by atomic mass is 32.1. The van der Waals surface area contributed by atoms with Crippen molar-refractivity contribution in [3.05, 3.63) is 22.4 Å². The Kier molecular flexibility index (Phi) is 9.28. The van der Waals surface area contributed by atoms with Crippen LogP contribution in [-0.4, -0.2) is 32.1 Å². The Balaban J connectivity index is 2.18. The summed E-state index contributed by atoms with van der Waals surface area (Å²) in [6, 6.07) is 4.13. The number of unbranched alkanes of at least 4 members (excludes halogenated alkanes) is 2. The van der Waals surface area contributed by atoms with Gasteiger partial charge in [-0.15, -0.1) is 11.3 Å². The molecule has 0 fully saturated rings. The minimum atomic E-state index is -0.131. The lowest BCUT2D eigenvalue weighted by Crippen LogP contribution is -2.37. The van der Waals surface area contributed by atoms with E-state index < -0.39 is 0 Å². The van der Waals surface area contributed by atoms with Gasteiger partial charge in [-0.1, -0.05) is 12.5 Å². The maximum Gasteiger partial charge on any atom is 0.305 e. The molecule has 0 aliphatic heterocycles. The van der Waals surface area contributed by atoms with Gasteiger partial charge in [-0.25, -0.2) is 4.99 Å². The molecular weight excluding hydrogens is 286 g/mol. The van der Waals surface area contributed by atoms with Gasteiger partial charge >= 0.3 is 5.97 Å². The lowest BCUT2D eigenvalue weighted by Gasteiger charge is -2.10. The van der Waals surface area contributed by atoms with Gasteiger partial charge in [0.15, 0.2) is 5.96 Å². The molecule has 6 heteroatoms. The Morgan fingerprint density at radius 1 is 1.33 bits per heavy atom. The first kappa shape index (κ1) is 17.5. The predicted molar refractivity (Wildman–Crippen MR) is 87.6 cm³/mol. The molecule has 0 bridgehead atoms. The van der Waals surface area contributed by atoms with E-state index in [0.717, 1.165) is 38.3 Å². The molecule has 0 unspecified atom stereocenters. The summed E-state index contributed by atoms with van der Waals surface area (Å²) >= 11 is 1.72. The number of esters is 1. The summed E-state index contributed by atoms with van der Waals surface area (Å²) in [5.41, 5.74) is 0. The Labute approximate surface area is 130 Å². The van der Waals surface area contributed by atoms with E-state index in [-0.39, 0.29) is 5.97 Å². The van der Waals surface area contributed by atoms with Gasteiger partial charge in [-0.3, -0.25) is 4.79 Å². The van der Waals surface area contributed by atoms with Gasteiger partial charge in [-0.05, 0) is 31.2 Å². The lowest BCUT2D eigenvalue weighted by atomic mass is 10.2. The number of methoxy groups -OCH3 is 1. The predicted octanol–water partition coefficient (Wildman–Crippen LogP) is 2.54. The maximum atomic E-state index is 11.0. The van der Waals surface area contributed by atoms with E-state index in [9.17, 15) is 4.79 Å². The largest absolute Gasteiger partial charge is 0.469 e. The van der Waals surface area contributed by atoms with Crippen LogP contribution in [0, 0.1) is 0 Å². The molecule has 0 aromatic carbocycles. The zero-order valence-electron chi connectivity index (χ0n) is 12.9. The van der Waals surface area contributed by atoms with E-state index in [1.54, 1.807) is 11.3 Å². The van der Waals surface area contributed by atoms with E-state index in [0.29, 0.717) is 13.0 Å². The molecule has 118 valence electrons. The molecule has 0 saturated carbocycles. The molecule has 1 aromatic rings. The fourth-order valence-electron chi connectivity index (χ4n) is 1.78. The number of guanidine groups is 1. The molecule has 5 nitrogen and oxygen atoms in total. The first-order chi connectivity index (χ1) is 10.3. The van der Waals surface area contributed by atoms with Gasteiger partial charge in [-0.2, -0.15) is 0 Å². The smallest absolute Gasteiger partial charge is 0.305 e. The molecule has 0 aliphatic rings. The quantitative estimate of drug-likeness (QED) is 0.318. The monoisotopic (exact) mass is 311 g/mol. The number of carbonyl (C=O) groups is 1. The second-order valence-electron chi connectivity index (χ2n) is 4.59. The van der Waals surface area contributed by atoms with Gasteiger partial charge in [0, 0.05) is 24.4 Å². The zero-order valence-corrected chi connectivity index (χ0v) is 13.7. The van der Waals surface area contributed by atoms with Crippen LogP contribution < -0.4 is 10.6 Å². The van der Waals surface area contributed by atoms with Crippen molar-refractivity contribution in [2.24, 2.45) is 4.99 Å². The van der Waals surface area contributed by atoms with Crippen LogP contribution in [0.1, 0.15) is 37.5 Å². The number of thiophene rings is 1. The molecular formula is C15H25N3O2S. The topological polar surface area (TPSA) is 62.7 Å². The van der Waals surface area contributed by atoms with Crippen molar-refractivity contribution in [1.82, 2.24) is 10.6 Å². The highest BCUT2D eigenvalue weighted by Crippen LogP contribution is 2.09. The van der Waals surface area contributed by atoms with Crippen molar-refractivity contribution in [3.8, 4) is 0 Å². The standard InChI is InChI=1S/C15H25N3O2S/c1-3-16-15(18-12-13-8-7-11-21-13)17-10-6-4-5-9-14(19)20-2/h7-8,11H,3-6,9-10,12H2,1-2H3,(H2,16,17,18). The zero-order chi connectivity index (χ0) is 15.3. The van der Waals surface area contributed by atoms with Crippen molar-refractivity contribution in [3.63, 3.8) is 0 Å². The summed E-state index contributed by atoms with van der Waals surface area (Å²) in [5, 5.41) is 8.61. The van der Waals surface area contributed by atoms with Crippen LogP contribution in [0.5, 0.6) is 0 Å². The molecule has 0 spiro atoms. The average molecular weight is 311 g/mol. The third kappa shape index (κ3) is 8.34. The summed E-state index contributed by atoms with van der Waals surface area (Å²) in [6.45, 7) is 4.46. The van der Waals surface area contributed by atoms with E-state index in [1.165, 1.54) is 12.0 Å². The normalized spacial score (nSPS) is 11.2. The van der Waals surface area contributed by atoms with Crippen LogP contribution in [0.15, 0.2) is 22.5 Å². The first-order valence-electron chi connectivity index (χ1n) is 7.37. The van der Waals surface area contributed by atoms with E-state index in [1.807, 2.05) is 6.07 Å². The second-order valence-corrected chi connectivity index (χ2v) is 5.62. The molecule has 1 rings (SSSR count). The molecule has 21 heavy (non-hydrogen) atoms. The Hall–Kier alpha value is -1.56. The van der Waals surface area contributed by atoms with Crippen LogP contribution in [-0.2, 0) is 16.1 Å². The van der Waals surface area contributed by atoms with Gasteiger partial charge in [0.05, 0.1) is 13.7 Å². The lowest BCUT2D eigenvalue weighted by molar-refractivity contribution is -0.140. The minimum absolute atomic E-state index is 0.131. The van der Waals surface area contributed by atoms with Crippen LogP contribution in [0.3, 0.4) is 0 Å². The molecule has 1 heterocycles. The Morgan fingerprint density at radius 3 is 2.86 bits per heavy atom. The van der Waals surface area contributed by atoms with E-state index in [2.05, 4.69) is 38.7 Å². The van der Waals surface area contributed by atoms with Crippen LogP contribution >= 0.6 is 11.3 Å². The number of carbonyl (C=O) groups excluding carboxylic acids is 1. The molecule has 0 amide bonds. The molecule has 1 aromatic heterocycles. The third-order valence-corrected chi connectivity index (χ3v) is 3.76. The number of aliphatic imine (C=N–C) groups is 1. The van der Waals surface area contributed by atoms with Gasteiger partial charge in [0.25, 0.3) is 0 Å². The number of rotatable bonds is 9. The van der Waals surface area contributed by atoms with E-state index in [4.69, 9.17) is 0 Å². The highest BCUT2D eigenvalue weighted by molar-refractivity contribution is 7.09. The molecule has 2 N–H and O–H groups in total. The van der Waals surface area contributed by atoms with Crippen molar-refractivity contribution < 1.29 is 9.53 Å². The maximum absolute atomic E-state index is 11.0. The highest BCUT2D eigenvalue weighted by Gasteiger charge is 2.00. The SMILES string of the molecule is CCNC(=NCc1cccs1)NCCCCCC(=O)OC. The summed E-state index contributed by atoms with van der Waals surface area (Å²) in [7, 11) is 1.43. The summed E-state index contributed by atoms with van der Waals surface area (Å²) in [4.78, 5) is 16.8. The second kappa shape index (κ2) is 11.1. The van der Waals surface area contributed by atoms with Crippen molar-refractivity contribution in [2.45, 2.75) is 39.2 Å². The fraction of sp³-hybridized carbons (Fsp3) is 0.600. The molecule has 0 atom stereocenters. The Bertz CT molecular complexity index is 419. The van der Waals surface area contributed by atoms with Crippen molar-refractivity contribution in [1.29, 1.82) is 0 Å². The fourth-order valence-corrected chi connectivity index (χ4v) is 2.41. The van der Waals surface area contributed by atoms with Crippen LogP contribution in [0.25, 0.3) is 0 Å². The summed E-state index contributed by atoms with van der Waals surface area (Å²) in [5.74, 6) is 0.715. The molecule has 0 radical (unpaired) electrons. The van der Waals surface area contributed by atoms with Crippen LogP contribution in [0.4, 0.5) is 0 Å². The van der Waals surface area contributed by atoms with Crippen molar-refractivity contribution in [2.75, 3.05) is 20.2 Å². The number of ether oxygens (including phenoxy) is 1. The number of nitrogens with one attached hydrogen (secondary N) is 2. The molecule has 0 saturated heterocycles. The summed E-state index contributed by atoms with van der Waals surface area (Å²) in [6.07, 6.45) is 3.40. The number of hydrogen-bond acceptors (Lipinski definition) is 4. The van der Waals surface area contributed by atoms with Gasteiger partial charge in [0.2, 0.25) is 0 Å². The van der Waals surface area contributed by atoms with Gasteiger partial charge < -0.3 is 15.4 Å². The first-order valence-corrected chi connectivity index (χ1v) is 8.25. The number of hydrogen-bond donors (Lipinski definition) is 2. The van der Waals surface area contributed by atoms with E-state index >= 15 is 0 Å². The molecule has 0 aliphatic carbocycles. The summed E-state index contributed by atoms with van der Waals surface area (Å²) < 4.78 is 4.61. The average Bonchev–Trinajstić information content (AvgIpc) is 3.01. The van der Waals surface area contributed by atoms with Gasteiger partial charge in [0.1, 0.15) is 0 Å². The Morgan fingerprint density at radius 2 is 2.19 bits per heavy atom. The number of nitrogens with zero attached hydrogens (tertiary/aromatic N) is 1. The van der Waals surface area contributed by atoms with Crippen molar-refractivity contribution >= 4 is 23.3 Å². The third-order valence-electron chi connectivity index (χ3n) is 2.90.